The molecule has 0 radical (unpaired) electrons. The van der Waals surface area contributed by atoms with Gasteiger partial charge >= 0.3 is 0 Å². The molecular weight excluding hydrogens is 330 g/mol. The third-order valence-corrected chi connectivity index (χ3v) is 3.95. The molecule has 1 aromatic heterocycles. The summed E-state index contributed by atoms with van der Waals surface area (Å²) in [5.41, 5.74) is 1.69. The van der Waals surface area contributed by atoms with Crippen LogP contribution in [0.25, 0.3) is 22.8 Å². The van der Waals surface area contributed by atoms with Crippen molar-refractivity contribution in [1.29, 1.82) is 0 Å². The van der Waals surface area contributed by atoms with Crippen LogP contribution in [0.15, 0.2) is 59.1 Å². The molecule has 6 nitrogen and oxygen atoms in total. The zero-order valence-corrected chi connectivity index (χ0v) is 14.8. The zero-order chi connectivity index (χ0) is 18.4. The van der Waals surface area contributed by atoms with Crippen LogP contribution >= 0.6 is 0 Å². The van der Waals surface area contributed by atoms with Crippen LogP contribution in [0, 0.1) is 0 Å². The van der Waals surface area contributed by atoms with E-state index in [9.17, 15) is 4.79 Å². The van der Waals surface area contributed by atoms with Gasteiger partial charge in [0.15, 0.2) is 6.61 Å². The second-order valence-corrected chi connectivity index (χ2v) is 5.98. The Hall–Kier alpha value is -3.15. The van der Waals surface area contributed by atoms with Gasteiger partial charge in [-0.25, -0.2) is 0 Å². The van der Waals surface area contributed by atoms with Gasteiger partial charge in [0, 0.05) is 17.2 Å². The molecule has 0 aliphatic carbocycles. The molecule has 0 bridgehead atoms. The van der Waals surface area contributed by atoms with E-state index in [-0.39, 0.29) is 18.6 Å². The minimum absolute atomic E-state index is 0.0115. The molecule has 0 saturated heterocycles. The molecule has 26 heavy (non-hydrogen) atoms. The van der Waals surface area contributed by atoms with Crippen molar-refractivity contribution in [1.82, 2.24) is 15.5 Å². The Morgan fingerprint density at radius 3 is 2.54 bits per heavy atom. The lowest BCUT2D eigenvalue weighted by atomic mass is 10.2. The van der Waals surface area contributed by atoms with Crippen molar-refractivity contribution in [2.24, 2.45) is 0 Å². The van der Waals surface area contributed by atoms with Crippen molar-refractivity contribution >= 4 is 5.91 Å². The Kier molecular flexibility index (Phi) is 5.63. The zero-order valence-electron chi connectivity index (χ0n) is 14.8. The second-order valence-electron chi connectivity index (χ2n) is 5.98. The van der Waals surface area contributed by atoms with Gasteiger partial charge in [0.05, 0.1) is 0 Å². The summed E-state index contributed by atoms with van der Waals surface area (Å²) in [6.45, 7) is 3.97. The third kappa shape index (κ3) is 4.47. The molecule has 1 heterocycles. The van der Waals surface area contributed by atoms with Gasteiger partial charge in [0.2, 0.25) is 5.82 Å². The first-order valence-corrected chi connectivity index (χ1v) is 8.57. The third-order valence-electron chi connectivity index (χ3n) is 3.95. The molecule has 0 aliphatic rings. The molecule has 1 N–H and O–H groups in total. The Balaban J connectivity index is 1.61. The molecule has 2 aromatic carbocycles. The predicted octanol–water partition coefficient (Wildman–Crippen LogP) is 3.70. The van der Waals surface area contributed by atoms with Gasteiger partial charge in [-0.1, -0.05) is 42.4 Å². The Bertz CT molecular complexity index is 844. The SMILES string of the molecule is CCC(C)NC(=O)COc1ccc(-c2nc(-c3ccccc3)no2)cc1. The van der Waals surface area contributed by atoms with E-state index < -0.39 is 0 Å². The van der Waals surface area contributed by atoms with Crippen molar-refractivity contribution < 1.29 is 14.1 Å². The summed E-state index contributed by atoms with van der Waals surface area (Å²) < 4.78 is 10.8. The quantitative estimate of drug-likeness (QED) is 0.702. The Labute approximate surface area is 152 Å². The van der Waals surface area contributed by atoms with Crippen molar-refractivity contribution in [2.45, 2.75) is 26.3 Å². The number of carbonyl (C=O) groups is 1. The Morgan fingerprint density at radius 2 is 1.85 bits per heavy atom. The second kappa shape index (κ2) is 8.29. The average molecular weight is 351 g/mol. The number of hydrogen-bond donors (Lipinski definition) is 1. The number of hydrogen-bond acceptors (Lipinski definition) is 5. The van der Waals surface area contributed by atoms with E-state index in [0.717, 1.165) is 17.5 Å². The van der Waals surface area contributed by atoms with E-state index in [1.54, 1.807) is 12.1 Å². The molecule has 3 aromatic rings. The largest absolute Gasteiger partial charge is 0.484 e. The number of benzene rings is 2. The van der Waals surface area contributed by atoms with E-state index in [2.05, 4.69) is 15.5 Å². The average Bonchev–Trinajstić information content (AvgIpc) is 3.17. The van der Waals surface area contributed by atoms with Crippen LogP contribution in [0.1, 0.15) is 20.3 Å². The normalized spacial score (nSPS) is 11.8. The van der Waals surface area contributed by atoms with Crippen LogP contribution in [0.4, 0.5) is 0 Å². The maximum atomic E-state index is 11.7. The van der Waals surface area contributed by atoms with E-state index in [1.807, 2.05) is 56.3 Å². The van der Waals surface area contributed by atoms with Crippen LogP contribution in [0.2, 0.25) is 0 Å². The summed E-state index contributed by atoms with van der Waals surface area (Å²) in [5.74, 6) is 1.45. The number of carbonyl (C=O) groups excluding carboxylic acids is 1. The fourth-order valence-electron chi connectivity index (χ4n) is 2.31. The topological polar surface area (TPSA) is 77.2 Å². The Morgan fingerprint density at radius 1 is 1.12 bits per heavy atom. The van der Waals surface area contributed by atoms with Crippen LogP contribution in [0.5, 0.6) is 5.75 Å². The monoisotopic (exact) mass is 351 g/mol. The minimum atomic E-state index is -0.132. The molecule has 1 atom stereocenters. The van der Waals surface area contributed by atoms with Crippen LogP contribution in [-0.4, -0.2) is 28.7 Å². The summed E-state index contributed by atoms with van der Waals surface area (Å²) in [5, 5.41) is 6.87. The number of nitrogens with zero attached hydrogens (tertiary/aromatic N) is 2. The molecule has 1 unspecified atom stereocenters. The van der Waals surface area contributed by atoms with Gasteiger partial charge in [0.1, 0.15) is 5.75 Å². The smallest absolute Gasteiger partial charge is 0.258 e. The number of aromatic nitrogens is 2. The van der Waals surface area contributed by atoms with Gasteiger partial charge in [-0.2, -0.15) is 4.98 Å². The number of ether oxygens (including phenoxy) is 1. The van der Waals surface area contributed by atoms with Crippen LogP contribution < -0.4 is 10.1 Å². The lowest BCUT2D eigenvalue weighted by Gasteiger charge is -2.12. The molecule has 0 spiro atoms. The highest BCUT2D eigenvalue weighted by atomic mass is 16.5. The summed E-state index contributed by atoms with van der Waals surface area (Å²) >= 11 is 0. The number of nitrogens with one attached hydrogen (secondary N) is 1. The maximum Gasteiger partial charge on any atom is 0.258 e. The lowest BCUT2D eigenvalue weighted by molar-refractivity contribution is -0.123. The number of rotatable bonds is 7. The fraction of sp³-hybridized carbons (Fsp3) is 0.250. The van der Waals surface area contributed by atoms with Gasteiger partial charge < -0.3 is 14.6 Å². The molecule has 134 valence electrons. The molecule has 0 aliphatic heterocycles. The van der Waals surface area contributed by atoms with Gasteiger partial charge in [-0.3, -0.25) is 4.79 Å². The van der Waals surface area contributed by atoms with Crippen LogP contribution in [0.3, 0.4) is 0 Å². The molecule has 3 rings (SSSR count). The first kappa shape index (κ1) is 17.7. The van der Waals surface area contributed by atoms with Crippen molar-refractivity contribution in [3.05, 3.63) is 54.6 Å². The highest BCUT2D eigenvalue weighted by molar-refractivity contribution is 5.77. The molecule has 1 amide bonds. The highest BCUT2D eigenvalue weighted by Gasteiger charge is 2.11. The van der Waals surface area contributed by atoms with E-state index in [1.165, 1.54) is 0 Å². The first-order chi connectivity index (χ1) is 12.7. The van der Waals surface area contributed by atoms with Crippen molar-refractivity contribution in [3.63, 3.8) is 0 Å². The molecule has 6 heteroatoms. The van der Waals surface area contributed by atoms with E-state index in [0.29, 0.717) is 17.5 Å². The highest BCUT2D eigenvalue weighted by Crippen LogP contribution is 2.24. The van der Waals surface area contributed by atoms with Crippen molar-refractivity contribution in [3.8, 4) is 28.6 Å². The molecule has 0 saturated carbocycles. The molecule has 0 fully saturated rings. The standard InChI is InChI=1S/C20H21N3O3/c1-3-14(2)21-18(24)13-25-17-11-9-16(10-12-17)20-22-19(23-26-20)15-7-5-4-6-8-15/h4-12,14H,3,13H2,1-2H3,(H,21,24). The fourth-order valence-corrected chi connectivity index (χ4v) is 2.31. The lowest BCUT2D eigenvalue weighted by Crippen LogP contribution is -2.35. The molecular formula is C20H21N3O3. The number of amides is 1. The summed E-state index contributed by atoms with van der Waals surface area (Å²) in [6, 6.07) is 17.0. The summed E-state index contributed by atoms with van der Waals surface area (Å²) in [7, 11) is 0. The van der Waals surface area contributed by atoms with E-state index in [4.69, 9.17) is 9.26 Å². The summed E-state index contributed by atoms with van der Waals surface area (Å²) in [6.07, 6.45) is 0.885. The maximum absolute atomic E-state index is 11.7. The first-order valence-electron chi connectivity index (χ1n) is 8.57. The predicted molar refractivity (Wildman–Crippen MR) is 98.6 cm³/mol. The minimum Gasteiger partial charge on any atom is -0.484 e. The van der Waals surface area contributed by atoms with Gasteiger partial charge in [0.25, 0.3) is 11.8 Å². The van der Waals surface area contributed by atoms with E-state index >= 15 is 0 Å². The summed E-state index contributed by atoms with van der Waals surface area (Å²) in [4.78, 5) is 16.2. The van der Waals surface area contributed by atoms with Crippen molar-refractivity contribution in [2.75, 3.05) is 6.61 Å². The van der Waals surface area contributed by atoms with Gasteiger partial charge in [-0.05, 0) is 37.6 Å². The van der Waals surface area contributed by atoms with Crippen LogP contribution in [-0.2, 0) is 4.79 Å². The van der Waals surface area contributed by atoms with Gasteiger partial charge in [-0.15, -0.1) is 0 Å².